The molecule has 0 saturated heterocycles. The second-order valence-electron chi connectivity index (χ2n) is 4.60. The Kier molecular flexibility index (Phi) is 4.47. The normalized spacial score (nSPS) is 11.2. The highest BCUT2D eigenvalue weighted by atomic mass is 16.2. The van der Waals surface area contributed by atoms with E-state index in [2.05, 4.69) is 10.3 Å². The van der Waals surface area contributed by atoms with E-state index in [-0.39, 0.29) is 11.3 Å². The van der Waals surface area contributed by atoms with Gasteiger partial charge in [0.15, 0.2) is 0 Å². The second kappa shape index (κ2) is 5.64. The summed E-state index contributed by atoms with van der Waals surface area (Å²) in [5.74, 6) is 0.124. The Balaban J connectivity index is 2.34. The van der Waals surface area contributed by atoms with E-state index < -0.39 is 0 Å². The highest BCUT2D eigenvalue weighted by molar-refractivity contribution is 5.81. The van der Waals surface area contributed by atoms with Crippen LogP contribution < -0.4 is 5.32 Å². The molecule has 16 heavy (non-hydrogen) atoms. The minimum atomic E-state index is -0.269. The Morgan fingerprint density at radius 3 is 2.81 bits per heavy atom. The van der Waals surface area contributed by atoms with Crippen molar-refractivity contribution in [3.05, 3.63) is 30.1 Å². The molecular formula is C13H20N2O. The van der Waals surface area contributed by atoms with E-state index in [1.165, 1.54) is 0 Å². The number of hydrogen-bond donors (Lipinski definition) is 1. The summed E-state index contributed by atoms with van der Waals surface area (Å²) in [6.45, 7) is 6.63. The van der Waals surface area contributed by atoms with Crippen molar-refractivity contribution >= 4 is 5.91 Å². The Labute approximate surface area is 97.3 Å². The van der Waals surface area contributed by atoms with Crippen LogP contribution in [0.3, 0.4) is 0 Å². The van der Waals surface area contributed by atoms with Crippen molar-refractivity contribution in [2.75, 3.05) is 6.54 Å². The lowest BCUT2D eigenvalue weighted by Crippen LogP contribution is -2.37. The van der Waals surface area contributed by atoms with Crippen LogP contribution in [0.5, 0.6) is 0 Å². The van der Waals surface area contributed by atoms with Gasteiger partial charge in [0.05, 0.1) is 0 Å². The Bertz CT molecular complexity index is 333. The van der Waals surface area contributed by atoms with Gasteiger partial charge in [-0.25, -0.2) is 0 Å². The molecule has 0 saturated carbocycles. The van der Waals surface area contributed by atoms with Crippen molar-refractivity contribution in [2.24, 2.45) is 5.41 Å². The second-order valence-corrected chi connectivity index (χ2v) is 4.60. The smallest absolute Gasteiger partial charge is 0.225 e. The SMILES string of the molecule is CCC(C)(C)C(=O)NCCc1cccnc1. The van der Waals surface area contributed by atoms with E-state index in [4.69, 9.17) is 0 Å². The van der Waals surface area contributed by atoms with Gasteiger partial charge in [-0.05, 0) is 24.5 Å². The molecule has 0 aromatic carbocycles. The number of pyridine rings is 1. The van der Waals surface area contributed by atoms with Gasteiger partial charge in [-0.2, -0.15) is 0 Å². The van der Waals surface area contributed by atoms with Crippen LogP contribution in [-0.2, 0) is 11.2 Å². The summed E-state index contributed by atoms with van der Waals surface area (Å²) < 4.78 is 0. The number of hydrogen-bond acceptors (Lipinski definition) is 2. The molecule has 1 aromatic heterocycles. The van der Waals surface area contributed by atoms with Crippen molar-refractivity contribution in [1.29, 1.82) is 0 Å². The third kappa shape index (κ3) is 3.65. The van der Waals surface area contributed by atoms with Crippen molar-refractivity contribution in [3.63, 3.8) is 0 Å². The van der Waals surface area contributed by atoms with E-state index in [0.717, 1.165) is 18.4 Å². The molecule has 1 rings (SSSR count). The number of rotatable bonds is 5. The molecule has 0 aliphatic carbocycles. The molecule has 0 aliphatic rings. The number of nitrogens with one attached hydrogen (secondary N) is 1. The zero-order valence-corrected chi connectivity index (χ0v) is 10.3. The maximum atomic E-state index is 11.8. The molecule has 1 heterocycles. The number of aromatic nitrogens is 1. The number of nitrogens with zero attached hydrogens (tertiary/aromatic N) is 1. The van der Waals surface area contributed by atoms with Crippen LogP contribution in [0.2, 0.25) is 0 Å². The lowest BCUT2D eigenvalue weighted by Gasteiger charge is -2.21. The summed E-state index contributed by atoms with van der Waals surface area (Å²) in [5, 5.41) is 2.96. The summed E-state index contributed by atoms with van der Waals surface area (Å²) in [4.78, 5) is 15.8. The van der Waals surface area contributed by atoms with Crippen molar-refractivity contribution in [3.8, 4) is 0 Å². The van der Waals surface area contributed by atoms with Gasteiger partial charge in [0.1, 0.15) is 0 Å². The van der Waals surface area contributed by atoms with Crippen LogP contribution in [0.25, 0.3) is 0 Å². The fourth-order valence-corrected chi connectivity index (χ4v) is 1.27. The maximum absolute atomic E-state index is 11.8. The molecule has 0 spiro atoms. The Hall–Kier alpha value is -1.38. The monoisotopic (exact) mass is 220 g/mol. The largest absolute Gasteiger partial charge is 0.355 e. The zero-order valence-electron chi connectivity index (χ0n) is 10.3. The maximum Gasteiger partial charge on any atom is 0.225 e. The van der Waals surface area contributed by atoms with Gasteiger partial charge in [0, 0.05) is 24.4 Å². The number of amides is 1. The Morgan fingerprint density at radius 2 is 2.25 bits per heavy atom. The molecule has 0 aliphatic heterocycles. The molecular weight excluding hydrogens is 200 g/mol. The molecule has 0 fully saturated rings. The molecule has 0 radical (unpaired) electrons. The molecule has 3 heteroatoms. The van der Waals surface area contributed by atoms with Gasteiger partial charge in [-0.3, -0.25) is 9.78 Å². The van der Waals surface area contributed by atoms with Crippen LogP contribution in [0.4, 0.5) is 0 Å². The molecule has 1 aromatic rings. The molecule has 3 nitrogen and oxygen atoms in total. The van der Waals surface area contributed by atoms with Crippen LogP contribution in [0.1, 0.15) is 32.8 Å². The van der Waals surface area contributed by atoms with E-state index >= 15 is 0 Å². The first-order valence-corrected chi connectivity index (χ1v) is 5.73. The summed E-state index contributed by atoms with van der Waals surface area (Å²) in [6.07, 6.45) is 5.27. The third-order valence-corrected chi connectivity index (χ3v) is 2.92. The lowest BCUT2D eigenvalue weighted by atomic mass is 9.89. The van der Waals surface area contributed by atoms with Crippen molar-refractivity contribution in [2.45, 2.75) is 33.6 Å². The van der Waals surface area contributed by atoms with Gasteiger partial charge in [-0.1, -0.05) is 26.8 Å². The van der Waals surface area contributed by atoms with E-state index in [0.29, 0.717) is 6.54 Å². The van der Waals surface area contributed by atoms with Gasteiger partial charge >= 0.3 is 0 Å². The summed E-state index contributed by atoms with van der Waals surface area (Å²) in [5.41, 5.74) is 0.881. The lowest BCUT2D eigenvalue weighted by molar-refractivity contribution is -0.129. The average Bonchev–Trinajstić information content (AvgIpc) is 2.30. The molecule has 0 unspecified atom stereocenters. The zero-order chi connectivity index (χ0) is 12.0. The van der Waals surface area contributed by atoms with Crippen molar-refractivity contribution < 1.29 is 4.79 Å². The van der Waals surface area contributed by atoms with Gasteiger partial charge in [0.25, 0.3) is 0 Å². The standard InChI is InChI=1S/C13H20N2O/c1-4-13(2,3)12(16)15-9-7-11-6-5-8-14-10-11/h5-6,8,10H,4,7,9H2,1-3H3,(H,15,16). The molecule has 0 bridgehead atoms. The fraction of sp³-hybridized carbons (Fsp3) is 0.538. The Morgan fingerprint density at radius 1 is 1.50 bits per heavy atom. The van der Waals surface area contributed by atoms with E-state index in [1.54, 1.807) is 6.20 Å². The first-order valence-electron chi connectivity index (χ1n) is 5.73. The quantitative estimate of drug-likeness (QED) is 0.826. The highest BCUT2D eigenvalue weighted by Gasteiger charge is 2.24. The summed E-state index contributed by atoms with van der Waals surface area (Å²) in [6, 6.07) is 3.93. The van der Waals surface area contributed by atoms with Crippen LogP contribution in [-0.4, -0.2) is 17.4 Å². The highest BCUT2D eigenvalue weighted by Crippen LogP contribution is 2.19. The molecule has 1 N–H and O–H groups in total. The van der Waals surface area contributed by atoms with Gasteiger partial charge in [-0.15, -0.1) is 0 Å². The van der Waals surface area contributed by atoms with Crippen LogP contribution in [0, 0.1) is 5.41 Å². The predicted octanol–water partition coefficient (Wildman–Crippen LogP) is 2.18. The molecule has 0 atom stereocenters. The third-order valence-electron chi connectivity index (χ3n) is 2.92. The van der Waals surface area contributed by atoms with Crippen molar-refractivity contribution in [1.82, 2.24) is 10.3 Å². The minimum absolute atomic E-state index is 0.124. The topological polar surface area (TPSA) is 42.0 Å². The first kappa shape index (κ1) is 12.7. The number of carbonyl (C=O) groups excluding carboxylic acids is 1. The van der Waals surface area contributed by atoms with Crippen LogP contribution in [0.15, 0.2) is 24.5 Å². The fourth-order valence-electron chi connectivity index (χ4n) is 1.27. The first-order chi connectivity index (χ1) is 7.56. The molecule has 88 valence electrons. The average molecular weight is 220 g/mol. The predicted molar refractivity (Wildman–Crippen MR) is 65.0 cm³/mol. The van der Waals surface area contributed by atoms with E-state index in [9.17, 15) is 4.79 Å². The van der Waals surface area contributed by atoms with Gasteiger partial charge in [0.2, 0.25) is 5.91 Å². The van der Waals surface area contributed by atoms with Gasteiger partial charge < -0.3 is 5.32 Å². The summed E-state index contributed by atoms with van der Waals surface area (Å²) in [7, 11) is 0. The summed E-state index contributed by atoms with van der Waals surface area (Å²) >= 11 is 0. The van der Waals surface area contributed by atoms with E-state index in [1.807, 2.05) is 39.1 Å². The minimum Gasteiger partial charge on any atom is -0.355 e. The van der Waals surface area contributed by atoms with Crippen LogP contribution >= 0.6 is 0 Å². The number of carbonyl (C=O) groups is 1. The molecule has 1 amide bonds.